The summed E-state index contributed by atoms with van der Waals surface area (Å²) in [5.74, 6) is -0.386. The molecule has 0 bridgehead atoms. The van der Waals surface area contributed by atoms with Gasteiger partial charge in [0.15, 0.2) is 5.71 Å². The molecule has 1 saturated heterocycles. The number of carbonyl (C=O) groups is 1. The Morgan fingerprint density at radius 3 is 2.31 bits per heavy atom. The summed E-state index contributed by atoms with van der Waals surface area (Å²) in [6.07, 6.45) is 2.11. The van der Waals surface area contributed by atoms with E-state index < -0.39 is 12.1 Å². The van der Waals surface area contributed by atoms with E-state index in [0.717, 1.165) is 37.9 Å². The predicted octanol–water partition coefficient (Wildman–Crippen LogP) is 1.59. The molecule has 32 heavy (non-hydrogen) atoms. The lowest BCUT2D eigenvalue weighted by molar-refractivity contribution is -0.947. The minimum Gasteiger partial charge on any atom is -1.00 e. The van der Waals surface area contributed by atoms with Crippen molar-refractivity contribution in [2.45, 2.75) is 31.4 Å². The number of anilines is 1. The standard InChI is InChI=1S/C22H23Cl3N4O2.HI/c1-29(11-3-2-4-12-29)27-22(31)19-21(30)20(14-5-7-15(23)8-6-14)28(26-19)18-10-9-16(24)13-17(18)25;/h5-10,13,20-21,30H,2-4,11-12H2,1H3;1H/t20-,21-;/m0./s1. The minimum atomic E-state index is -1.15. The highest BCUT2D eigenvalue weighted by atomic mass is 127. The van der Waals surface area contributed by atoms with Crippen LogP contribution in [0.2, 0.25) is 15.1 Å². The summed E-state index contributed by atoms with van der Waals surface area (Å²) >= 11 is 18.5. The lowest BCUT2D eigenvalue weighted by atomic mass is 9.98. The molecule has 2 heterocycles. The average molecular weight is 610 g/mol. The first-order valence-corrected chi connectivity index (χ1v) is 11.3. The second-order valence-corrected chi connectivity index (χ2v) is 9.49. The van der Waals surface area contributed by atoms with E-state index in [0.29, 0.717) is 25.3 Å². The third-order valence-corrected chi connectivity index (χ3v) is 6.62. The normalized spacial score (nSPS) is 22.2. The van der Waals surface area contributed by atoms with E-state index in [1.54, 1.807) is 35.3 Å². The van der Waals surface area contributed by atoms with E-state index in [1.807, 2.05) is 19.2 Å². The molecule has 2 atom stereocenters. The largest absolute Gasteiger partial charge is 1.00 e. The molecule has 0 unspecified atom stereocenters. The molecule has 0 saturated carbocycles. The molecule has 0 radical (unpaired) electrons. The number of likely N-dealkylation sites (tertiary alicyclic amines) is 1. The lowest BCUT2D eigenvalue weighted by Gasteiger charge is -2.36. The van der Waals surface area contributed by atoms with Crippen LogP contribution in [0.1, 0.15) is 30.9 Å². The molecule has 0 aliphatic carbocycles. The van der Waals surface area contributed by atoms with Crippen LogP contribution in [0.5, 0.6) is 0 Å². The average Bonchev–Trinajstić information content (AvgIpc) is 3.06. The van der Waals surface area contributed by atoms with Gasteiger partial charge in [-0.15, -0.1) is 0 Å². The van der Waals surface area contributed by atoms with Gasteiger partial charge in [-0.2, -0.15) is 10.5 Å². The van der Waals surface area contributed by atoms with Crippen molar-refractivity contribution >= 4 is 52.1 Å². The summed E-state index contributed by atoms with van der Waals surface area (Å²) in [5.41, 5.74) is 4.41. The van der Waals surface area contributed by atoms with Gasteiger partial charge < -0.3 is 29.1 Å². The maximum Gasteiger partial charge on any atom is 0.314 e. The van der Waals surface area contributed by atoms with Crippen molar-refractivity contribution in [1.29, 1.82) is 0 Å². The van der Waals surface area contributed by atoms with Gasteiger partial charge in [-0.05, 0) is 55.2 Å². The summed E-state index contributed by atoms with van der Waals surface area (Å²) in [7, 11) is 1.99. The molecule has 1 fully saturated rings. The zero-order chi connectivity index (χ0) is 22.2. The fraction of sp³-hybridized carbons (Fsp3) is 0.364. The highest BCUT2D eigenvalue weighted by Gasteiger charge is 2.43. The number of nitrogens with zero attached hydrogens (tertiary/aromatic N) is 3. The van der Waals surface area contributed by atoms with E-state index in [1.165, 1.54) is 0 Å². The van der Waals surface area contributed by atoms with Gasteiger partial charge in [-0.25, -0.2) is 4.59 Å². The molecular formula is C22H24Cl3IN4O2. The van der Waals surface area contributed by atoms with Gasteiger partial charge in [0.05, 0.1) is 17.8 Å². The summed E-state index contributed by atoms with van der Waals surface area (Å²) in [5, 5.41) is 18.7. The first-order chi connectivity index (χ1) is 14.8. The Kier molecular flexibility index (Phi) is 8.33. The van der Waals surface area contributed by atoms with Crippen LogP contribution in [0.4, 0.5) is 5.69 Å². The van der Waals surface area contributed by atoms with Crippen LogP contribution in [0.25, 0.3) is 0 Å². The fourth-order valence-electron chi connectivity index (χ4n) is 4.18. The monoisotopic (exact) mass is 608 g/mol. The van der Waals surface area contributed by atoms with Gasteiger partial charge in [0.2, 0.25) is 0 Å². The lowest BCUT2D eigenvalue weighted by Crippen LogP contribution is -3.00. The van der Waals surface area contributed by atoms with Gasteiger partial charge in [-0.1, -0.05) is 46.9 Å². The van der Waals surface area contributed by atoms with E-state index in [9.17, 15) is 9.90 Å². The van der Waals surface area contributed by atoms with Crippen molar-refractivity contribution in [3.8, 4) is 0 Å². The van der Waals surface area contributed by atoms with Gasteiger partial charge in [0.25, 0.3) is 0 Å². The van der Waals surface area contributed by atoms with E-state index in [-0.39, 0.29) is 35.6 Å². The number of nitrogens with one attached hydrogen (secondary N) is 1. The zero-order valence-electron chi connectivity index (χ0n) is 17.4. The van der Waals surface area contributed by atoms with E-state index in [2.05, 4.69) is 10.5 Å². The molecule has 2 aromatic rings. The Hall–Kier alpha value is -1.10. The molecule has 172 valence electrons. The third-order valence-electron chi connectivity index (χ3n) is 5.83. The molecule has 4 rings (SSSR count). The van der Waals surface area contributed by atoms with Crippen molar-refractivity contribution < 1.29 is 38.5 Å². The van der Waals surface area contributed by atoms with Crippen molar-refractivity contribution in [3.63, 3.8) is 0 Å². The highest BCUT2D eigenvalue weighted by molar-refractivity contribution is 6.41. The van der Waals surface area contributed by atoms with Crippen molar-refractivity contribution in [2.75, 3.05) is 25.1 Å². The molecule has 2 aliphatic heterocycles. The van der Waals surface area contributed by atoms with Gasteiger partial charge in [-0.3, -0.25) is 9.80 Å². The fourth-order valence-corrected chi connectivity index (χ4v) is 4.80. The topological polar surface area (TPSA) is 64.9 Å². The number of rotatable bonds is 4. The van der Waals surface area contributed by atoms with Crippen LogP contribution in [0.3, 0.4) is 0 Å². The van der Waals surface area contributed by atoms with E-state index >= 15 is 0 Å². The highest BCUT2D eigenvalue weighted by Crippen LogP contribution is 2.40. The molecule has 2 N–H and O–H groups in total. The SMILES string of the molecule is C[N+]1(NC(=O)C2=NN(c3ccc(Cl)cc3Cl)[C@@H](c3ccc(Cl)cc3)[C@H]2O)CCCCC1.[I-]. The van der Waals surface area contributed by atoms with Crippen LogP contribution in [0.15, 0.2) is 47.6 Å². The quantitative estimate of drug-likeness (QED) is 0.409. The number of aliphatic hydroxyl groups excluding tert-OH is 1. The van der Waals surface area contributed by atoms with Gasteiger partial charge in [0.1, 0.15) is 25.2 Å². The maximum absolute atomic E-state index is 13.2. The molecular weight excluding hydrogens is 586 g/mol. The summed E-state index contributed by atoms with van der Waals surface area (Å²) in [6, 6.07) is 11.5. The molecule has 2 aromatic carbocycles. The number of amides is 1. The number of hydrogen-bond donors (Lipinski definition) is 2. The van der Waals surface area contributed by atoms with Crippen molar-refractivity contribution in [1.82, 2.24) is 5.43 Å². The minimum absolute atomic E-state index is 0. The number of aliphatic hydroxyl groups is 1. The number of piperidine rings is 1. The predicted molar refractivity (Wildman–Crippen MR) is 124 cm³/mol. The summed E-state index contributed by atoms with van der Waals surface area (Å²) < 4.78 is 0.428. The third kappa shape index (κ3) is 5.34. The van der Waals surface area contributed by atoms with Crippen molar-refractivity contribution in [3.05, 3.63) is 63.1 Å². The van der Waals surface area contributed by atoms with Crippen LogP contribution < -0.4 is 34.4 Å². The number of hydrogen-bond acceptors (Lipinski definition) is 4. The van der Waals surface area contributed by atoms with Crippen molar-refractivity contribution in [2.24, 2.45) is 5.10 Å². The van der Waals surface area contributed by atoms with Crippen LogP contribution in [-0.2, 0) is 4.79 Å². The molecule has 10 heteroatoms. The number of halogens is 4. The Bertz CT molecular complexity index is 1010. The first kappa shape index (κ1) is 25.5. The van der Waals surface area contributed by atoms with Crippen LogP contribution >= 0.6 is 34.8 Å². The number of quaternary nitrogens is 1. The first-order valence-electron chi connectivity index (χ1n) is 10.2. The molecule has 6 nitrogen and oxygen atoms in total. The molecule has 0 spiro atoms. The smallest absolute Gasteiger partial charge is 0.314 e. The summed E-state index contributed by atoms with van der Waals surface area (Å²) in [4.78, 5) is 13.2. The second kappa shape index (κ2) is 10.4. The number of carbonyl (C=O) groups excluding carboxylic acids is 1. The Balaban J connectivity index is 0.00000289. The Labute approximate surface area is 219 Å². The summed E-state index contributed by atoms with van der Waals surface area (Å²) in [6.45, 7) is 1.70. The van der Waals surface area contributed by atoms with Crippen LogP contribution in [0, 0.1) is 0 Å². The molecule has 0 aromatic heterocycles. The Morgan fingerprint density at radius 1 is 1.06 bits per heavy atom. The Morgan fingerprint density at radius 2 is 1.69 bits per heavy atom. The van der Waals surface area contributed by atoms with E-state index in [4.69, 9.17) is 34.8 Å². The van der Waals surface area contributed by atoms with Gasteiger partial charge in [0, 0.05) is 10.0 Å². The second-order valence-electron chi connectivity index (χ2n) is 8.21. The zero-order valence-corrected chi connectivity index (χ0v) is 21.9. The molecule has 2 aliphatic rings. The maximum atomic E-state index is 13.2. The van der Waals surface area contributed by atoms with Gasteiger partial charge >= 0.3 is 5.91 Å². The molecule has 1 amide bonds. The number of hydrazone groups is 1. The number of benzene rings is 2. The van der Waals surface area contributed by atoms with Crippen LogP contribution in [-0.4, -0.2) is 47.6 Å².